The Morgan fingerprint density at radius 2 is 2.00 bits per heavy atom. The Labute approximate surface area is 162 Å². The zero-order valence-corrected chi connectivity index (χ0v) is 15.1. The standard InChI is InChI=1S/C18H11ClFN3O3S/c19-14-2-1-3-15(20)13(14)8-9-17(24)22-18-21-16(10-27-18)11-4-6-12(7-5-11)23(25)26/h1-10H,(H,21,22,24)/b9-8+. The highest BCUT2D eigenvalue weighted by molar-refractivity contribution is 7.14. The van der Waals surface area contributed by atoms with Gasteiger partial charge in [0.2, 0.25) is 5.91 Å². The first kappa shape index (κ1) is 18.7. The number of nitro groups is 1. The summed E-state index contributed by atoms with van der Waals surface area (Å²) in [6, 6.07) is 10.2. The zero-order valence-electron chi connectivity index (χ0n) is 13.6. The maximum atomic E-state index is 13.7. The molecule has 3 aromatic rings. The highest BCUT2D eigenvalue weighted by atomic mass is 35.5. The van der Waals surface area contributed by atoms with Crippen molar-refractivity contribution in [3.8, 4) is 11.3 Å². The molecule has 0 atom stereocenters. The Bertz CT molecular complexity index is 1010. The monoisotopic (exact) mass is 403 g/mol. The van der Waals surface area contributed by atoms with Crippen LogP contribution in [-0.4, -0.2) is 15.8 Å². The molecule has 1 N–H and O–H groups in total. The topological polar surface area (TPSA) is 85.1 Å². The van der Waals surface area contributed by atoms with Gasteiger partial charge < -0.3 is 0 Å². The van der Waals surface area contributed by atoms with Crippen LogP contribution in [-0.2, 0) is 4.79 Å². The van der Waals surface area contributed by atoms with Gasteiger partial charge in [0, 0.05) is 34.7 Å². The third-order valence-corrected chi connectivity index (χ3v) is 4.60. The highest BCUT2D eigenvalue weighted by Gasteiger charge is 2.10. The van der Waals surface area contributed by atoms with Crippen molar-refractivity contribution < 1.29 is 14.1 Å². The number of amides is 1. The van der Waals surface area contributed by atoms with Crippen LogP contribution in [0, 0.1) is 15.9 Å². The molecule has 0 aliphatic carbocycles. The van der Waals surface area contributed by atoms with Gasteiger partial charge in [-0.15, -0.1) is 11.3 Å². The van der Waals surface area contributed by atoms with Gasteiger partial charge in [0.25, 0.3) is 5.69 Å². The number of thiazole rings is 1. The Morgan fingerprint density at radius 1 is 1.26 bits per heavy atom. The van der Waals surface area contributed by atoms with Crippen molar-refractivity contribution in [1.82, 2.24) is 4.98 Å². The number of aromatic nitrogens is 1. The number of nitrogens with one attached hydrogen (secondary N) is 1. The van der Waals surface area contributed by atoms with Crippen molar-refractivity contribution in [1.29, 1.82) is 0 Å². The summed E-state index contributed by atoms with van der Waals surface area (Å²) in [5.41, 5.74) is 1.37. The van der Waals surface area contributed by atoms with E-state index in [1.807, 2.05) is 0 Å². The summed E-state index contributed by atoms with van der Waals surface area (Å²) in [5, 5.41) is 15.5. The van der Waals surface area contributed by atoms with E-state index in [9.17, 15) is 19.3 Å². The molecule has 0 fully saturated rings. The van der Waals surface area contributed by atoms with Crippen molar-refractivity contribution in [2.24, 2.45) is 0 Å². The molecule has 1 amide bonds. The molecule has 0 radical (unpaired) electrons. The molecule has 6 nitrogen and oxygen atoms in total. The van der Waals surface area contributed by atoms with E-state index in [0.29, 0.717) is 16.4 Å². The van der Waals surface area contributed by atoms with Crippen LogP contribution in [0.3, 0.4) is 0 Å². The van der Waals surface area contributed by atoms with Gasteiger partial charge in [-0.25, -0.2) is 9.37 Å². The van der Waals surface area contributed by atoms with Crippen molar-refractivity contribution in [3.63, 3.8) is 0 Å². The summed E-state index contributed by atoms with van der Waals surface area (Å²) in [6.07, 6.45) is 2.45. The second-order valence-electron chi connectivity index (χ2n) is 5.30. The fraction of sp³-hybridized carbons (Fsp3) is 0. The van der Waals surface area contributed by atoms with Gasteiger partial charge in [-0.2, -0.15) is 0 Å². The minimum Gasteiger partial charge on any atom is -0.298 e. The summed E-state index contributed by atoms with van der Waals surface area (Å²) in [7, 11) is 0. The second kappa shape index (κ2) is 8.07. The quantitative estimate of drug-likeness (QED) is 0.362. The normalized spacial score (nSPS) is 10.9. The maximum Gasteiger partial charge on any atom is 0.269 e. The molecule has 1 heterocycles. The van der Waals surface area contributed by atoms with Gasteiger partial charge in [-0.3, -0.25) is 20.2 Å². The maximum absolute atomic E-state index is 13.7. The average Bonchev–Trinajstić information content (AvgIpc) is 3.09. The van der Waals surface area contributed by atoms with E-state index >= 15 is 0 Å². The first-order valence-corrected chi connectivity index (χ1v) is 8.83. The summed E-state index contributed by atoms with van der Waals surface area (Å²) in [5.74, 6) is -1.01. The Balaban J connectivity index is 1.69. The first-order valence-electron chi connectivity index (χ1n) is 7.57. The van der Waals surface area contributed by atoms with E-state index in [-0.39, 0.29) is 16.3 Å². The molecule has 136 valence electrons. The minimum absolute atomic E-state index is 0.0144. The molecule has 0 saturated carbocycles. The number of carbonyl (C=O) groups excluding carboxylic acids is 1. The number of nitrogens with zero attached hydrogens (tertiary/aromatic N) is 2. The van der Waals surface area contributed by atoms with Crippen molar-refractivity contribution >= 4 is 45.7 Å². The van der Waals surface area contributed by atoms with E-state index in [0.717, 1.165) is 6.08 Å². The van der Waals surface area contributed by atoms with Crippen molar-refractivity contribution in [2.45, 2.75) is 0 Å². The van der Waals surface area contributed by atoms with E-state index in [4.69, 9.17) is 11.6 Å². The third-order valence-electron chi connectivity index (χ3n) is 3.51. The summed E-state index contributed by atoms with van der Waals surface area (Å²) < 4.78 is 13.7. The van der Waals surface area contributed by atoms with Crippen LogP contribution in [0.5, 0.6) is 0 Å². The lowest BCUT2D eigenvalue weighted by Crippen LogP contribution is -2.07. The van der Waals surface area contributed by atoms with Crippen LogP contribution in [0.15, 0.2) is 53.9 Å². The Kier molecular flexibility index (Phi) is 5.58. The van der Waals surface area contributed by atoms with E-state index in [2.05, 4.69) is 10.3 Å². The van der Waals surface area contributed by atoms with E-state index in [1.54, 1.807) is 17.5 Å². The Morgan fingerprint density at radius 3 is 2.67 bits per heavy atom. The SMILES string of the molecule is O=C(/C=C/c1c(F)cccc1Cl)Nc1nc(-c2ccc([N+](=O)[O-])cc2)cs1. The predicted molar refractivity (Wildman–Crippen MR) is 103 cm³/mol. The molecule has 3 rings (SSSR count). The second-order valence-corrected chi connectivity index (χ2v) is 6.57. The van der Waals surface area contributed by atoms with Crippen LogP contribution in [0.4, 0.5) is 15.2 Å². The summed E-state index contributed by atoms with van der Waals surface area (Å²) in [4.78, 5) is 26.5. The summed E-state index contributed by atoms with van der Waals surface area (Å²) >= 11 is 7.10. The zero-order chi connectivity index (χ0) is 19.4. The number of nitro benzene ring substituents is 1. The Hall–Kier alpha value is -3.10. The third kappa shape index (κ3) is 4.55. The van der Waals surface area contributed by atoms with E-state index in [1.165, 1.54) is 47.7 Å². The van der Waals surface area contributed by atoms with Crippen LogP contribution in [0.25, 0.3) is 17.3 Å². The van der Waals surface area contributed by atoms with Gasteiger partial charge in [0.05, 0.1) is 15.6 Å². The number of rotatable bonds is 5. The molecule has 27 heavy (non-hydrogen) atoms. The lowest BCUT2D eigenvalue weighted by atomic mass is 10.1. The summed E-state index contributed by atoms with van der Waals surface area (Å²) in [6.45, 7) is 0. The number of carbonyl (C=O) groups is 1. The minimum atomic E-state index is -0.527. The largest absolute Gasteiger partial charge is 0.298 e. The predicted octanol–water partition coefficient (Wildman–Crippen LogP) is 5.16. The first-order chi connectivity index (χ1) is 12.9. The fourth-order valence-corrected chi connectivity index (χ4v) is 3.14. The van der Waals surface area contributed by atoms with Crippen LogP contribution >= 0.6 is 22.9 Å². The molecule has 0 aliphatic heterocycles. The van der Waals surface area contributed by atoms with Crippen LogP contribution in [0.2, 0.25) is 5.02 Å². The van der Waals surface area contributed by atoms with E-state index < -0.39 is 16.6 Å². The number of hydrogen-bond donors (Lipinski definition) is 1. The smallest absolute Gasteiger partial charge is 0.269 e. The lowest BCUT2D eigenvalue weighted by Gasteiger charge is -2.00. The van der Waals surface area contributed by atoms with Gasteiger partial charge >= 0.3 is 0 Å². The van der Waals surface area contributed by atoms with Crippen molar-refractivity contribution in [3.05, 3.63) is 80.4 Å². The molecule has 0 saturated heterocycles. The number of benzene rings is 2. The lowest BCUT2D eigenvalue weighted by molar-refractivity contribution is -0.384. The van der Waals surface area contributed by atoms with Crippen molar-refractivity contribution in [2.75, 3.05) is 5.32 Å². The molecular formula is C18H11ClFN3O3S. The van der Waals surface area contributed by atoms with Crippen LogP contribution in [0.1, 0.15) is 5.56 Å². The molecule has 9 heteroatoms. The highest BCUT2D eigenvalue weighted by Crippen LogP contribution is 2.26. The molecular weight excluding hydrogens is 393 g/mol. The van der Waals surface area contributed by atoms with Gasteiger partial charge in [0.1, 0.15) is 5.82 Å². The molecule has 0 aliphatic rings. The van der Waals surface area contributed by atoms with Gasteiger partial charge in [-0.05, 0) is 30.3 Å². The van der Waals surface area contributed by atoms with Gasteiger partial charge in [-0.1, -0.05) is 17.7 Å². The number of non-ortho nitro benzene ring substituents is 1. The average molecular weight is 404 g/mol. The number of hydrogen-bond acceptors (Lipinski definition) is 5. The number of halogens is 2. The molecule has 2 aromatic carbocycles. The molecule has 0 spiro atoms. The molecule has 0 bridgehead atoms. The molecule has 0 unspecified atom stereocenters. The number of anilines is 1. The molecule has 1 aromatic heterocycles. The van der Waals surface area contributed by atoms with Gasteiger partial charge in [0.15, 0.2) is 5.13 Å². The fourth-order valence-electron chi connectivity index (χ4n) is 2.19. The van der Waals surface area contributed by atoms with Crippen LogP contribution < -0.4 is 5.32 Å².